The first kappa shape index (κ1) is 21.8. The van der Waals surface area contributed by atoms with E-state index in [9.17, 15) is 0 Å². The molecule has 0 amide bonds. The first-order chi connectivity index (χ1) is 11.8. The first-order valence-electron chi connectivity index (χ1n) is 9.12. The summed E-state index contributed by atoms with van der Waals surface area (Å²) >= 11 is 0. The van der Waals surface area contributed by atoms with Crippen molar-refractivity contribution in [1.29, 1.82) is 0 Å². The van der Waals surface area contributed by atoms with E-state index in [4.69, 9.17) is 23.7 Å². The Morgan fingerprint density at radius 3 is 1.62 bits per heavy atom. The van der Waals surface area contributed by atoms with E-state index in [-0.39, 0.29) is 0 Å². The molecule has 0 atom stereocenters. The third-order valence-electron chi connectivity index (χ3n) is 3.84. The zero-order valence-electron chi connectivity index (χ0n) is 15.5. The van der Waals surface area contributed by atoms with Crippen molar-refractivity contribution in [3.05, 3.63) is 0 Å². The number of ether oxygens (including phenoxy) is 5. The van der Waals surface area contributed by atoms with Gasteiger partial charge in [-0.25, -0.2) is 0 Å². The lowest BCUT2D eigenvalue weighted by Gasteiger charge is -2.22. The second kappa shape index (κ2) is 16.2. The minimum atomic E-state index is 0.641. The predicted molar refractivity (Wildman–Crippen MR) is 93.7 cm³/mol. The van der Waals surface area contributed by atoms with Crippen LogP contribution in [0.25, 0.3) is 0 Å². The van der Waals surface area contributed by atoms with Gasteiger partial charge in [-0.1, -0.05) is 0 Å². The summed E-state index contributed by atoms with van der Waals surface area (Å²) in [6.45, 7) is 13.4. The zero-order valence-corrected chi connectivity index (χ0v) is 15.5. The highest BCUT2D eigenvalue weighted by molar-refractivity contribution is 4.57. The van der Waals surface area contributed by atoms with Crippen molar-refractivity contribution in [1.82, 2.24) is 9.80 Å². The van der Waals surface area contributed by atoms with Crippen LogP contribution in [0.15, 0.2) is 0 Å². The summed E-state index contributed by atoms with van der Waals surface area (Å²) in [5, 5.41) is 0. The van der Waals surface area contributed by atoms with Crippen LogP contribution in [0.3, 0.4) is 0 Å². The fourth-order valence-corrected chi connectivity index (χ4v) is 2.26. The molecule has 7 heteroatoms. The number of hydrogen-bond acceptors (Lipinski definition) is 7. The predicted octanol–water partition coefficient (Wildman–Crippen LogP) is 0.337. The lowest BCUT2D eigenvalue weighted by Crippen LogP contribution is -2.34. The maximum atomic E-state index is 5.66. The Balaban J connectivity index is 2.25. The van der Waals surface area contributed by atoms with Crippen LogP contribution in [0.4, 0.5) is 0 Å². The third-order valence-corrected chi connectivity index (χ3v) is 3.84. The number of hydrogen-bond donors (Lipinski definition) is 0. The summed E-state index contributed by atoms with van der Waals surface area (Å²) in [5.74, 6) is 0. The molecule has 0 aliphatic carbocycles. The fourth-order valence-electron chi connectivity index (χ4n) is 2.26. The van der Waals surface area contributed by atoms with Crippen LogP contribution in [0, 0.1) is 0 Å². The van der Waals surface area contributed by atoms with Gasteiger partial charge >= 0.3 is 0 Å². The van der Waals surface area contributed by atoms with E-state index in [0.717, 1.165) is 59.2 Å². The molecule has 0 bridgehead atoms. The highest BCUT2D eigenvalue weighted by Crippen LogP contribution is 1.93. The zero-order chi connectivity index (χ0) is 17.3. The van der Waals surface area contributed by atoms with Gasteiger partial charge in [-0.2, -0.15) is 0 Å². The molecule has 0 N–H and O–H groups in total. The smallest absolute Gasteiger partial charge is 0.0701 e. The lowest BCUT2D eigenvalue weighted by molar-refractivity contribution is 0.00689. The van der Waals surface area contributed by atoms with Crippen molar-refractivity contribution >= 4 is 0 Å². The SMILES string of the molecule is CCOCCN1CCOCCOCCN(C)CCOCCOCC1. The van der Waals surface area contributed by atoms with Crippen LogP contribution in [0.1, 0.15) is 6.92 Å². The minimum absolute atomic E-state index is 0.641. The molecule has 0 aromatic heterocycles. The van der Waals surface area contributed by atoms with Gasteiger partial charge in [0.05, 0.1) is 59.5 Å². The van der Waals surface area contributed by atoms with Gasteiger partial charge in [0.25, 0.3) is 0 Å². The number of rotatable bonds is 4. The molecular formula is C17H36N2O5. The topological polar surface area (TPSA) is 52.6 Å². The van der Waals surface area contributed by atoms with E-state index < -0.39 is 0 Å². The van der Waals surface area contributed by atoms with Gasteiger partial charge in [0.1, 0.15) is 0 Å². The van der Waals surface area contributed by atoms with Crippen molar-refractivity contribution < 1.29 is 23.7 Å². The molecule has 24 heavy (non-hydrogen) atoms. The van der Waals surface area contributed by atoms with E-state index in [1.54, 1.807) is 0 Å². The fraction of sp³-hybridized carbons (Fsp3) is 1.00. The molecule has 0 unspecified atom stereocenters. The molecule has 1 heterocycles. The maximum absolute atomic E-state index is 5.66. The van der Waals surface area contributed by atoms with E-state index in [1.165, 1.54) is 0 Å². The van der Waals surface area contributed by atoms with Crippen LogP contribution in [0.5, 0.6) is 0 Å². The highest BCUT2D eigenvalue weighted by atomic mass is 16.5. The summed E-state index contributed by atoms with van der Waals surface area (Å²) in [5.41, 5.74) is 0. The molecule has 7 nitrogen and oxygen atoms in total. The van der Waals surface area contributed by atoms with Gasteiger partial charge in [0.2, 0.25) is 0 Å². The molecule has 1 aliphatic rings. The van der Waals surface area contributed by atoms with Gasteiger partial charge in [-0.3, -0.25) is 4.90 Å². The van der Waals surface area contributed by atoms with Crippen molar-refractivity contribution in [2.24, 2.45) is 0 Å². The van der Waals surface area contributed by atoms with Gasteiger partial charge in [0.15, 0.2) is 0 Å². The molecule has 0 spiro atoms. The summed E-state index contributed by atoms with van der Waals surface area (Å²) in [6.07, 6.45) is 0. The Labute approximate surface area is 147 Å². The summed E-state index contributed by atoms with van der Waals surface area (Å²) in [6, 6.07) is 0. The lowest BCUT2D eigenvalue weighted by atomic mass is 10.4. The standard InChI is InChI=1S/C17H36N2O5/c1-3-20-11-6-19-7-12-23-16-14-21-9-4-18(2)5-10-22-15-17-24-13-8-19/h3-17H2,1-2H3. The molecule has 1 fully saturated rings. The van der Waals surface area contributed by atoms with E-state index in [0.29, 0.717) is 39.6 Å². The van der Waals surface area contributed by atoms with Crippen molar-refractivity contribution in [3.63, 3.8) is 0 Å². The number of nitrogens with zero attached hydrogens (tertiary/aromatic N) is 2. The van der Waals surface area contributed by atoms with Crippen molar-refractivity contribution in [2.45, 2.75) is 6.92 Å². The van der Waals surface area contributed by atoms with Gasteiger partial charge in [-0.05, 0) is 14.0 Å². The average molecular weight is 348 g/mol. The van der Waals surface area contributed by atoms with E-state index >= 15 is 0 Å². The Morgan fingerprint density at radius 1 is 0.708 bits per heavy atom. The molecule has 0 saturated carbocycles. The van der Waals surface area contributed by atoms with Crippen LogP contribution in [-0.2, 0) is 23.7 Å². The van der Waals surface area contributed by atoms with Crippen LogP contribution >= 0.6 is 0 Å². The maximum Gasteiger partial charge on any atom is 0.0701 e. The van der Waals surface area contributed by atoms with Gasteiger partial charge < -0.3 is 28.6 Å². The Kier molecular flexibility index (Phi) is 14.7. The Bertz CT molecular complexity index is 251. The monoisotopic (exact) mass is 348 g/mol. The largest absolute Gasteiger partial charge is 0.380 e. The minimum Gasteiger partial charge on any atom is -0.380 e. The average Bonchev–Trinajstić information content (AvgIpc) is 2.58. The first-order valence-corrected chi connectivity index (χ1v) is 9.12. The van der Waals surface area contributed by atoms with Gasteiger partial charge in [-0.15, -0.1) is 0 Å². The van der Waals surface area contributed by atoms with Crippen molar-refractivity contribution in [2.75, 3.05) is 106 Å². The molecule has 0 radical (unpaired) electrons. The molecule has 1 aliphatic heterocycles. The van der Waals surface area contributed by atoms with Crippen LogP contribution in [0.2, 0.25) is 0 Å². The normalized spacial score (nSPS) is 22.8. The Hall–Kier alpha value is -0.280. The third kappa shape index (κ3) is 13.1. The molecule has 1 saturated heterocycles. The molecule has 0 aromatic carbocycles. The second-order valence-corrected chi connectivity index (χ2v) is 5.79. The summed E-state index contributed by atoms with van der Waals surface area (Å²) in [7, 11) is 2.08. The van der Waals surface area contributed by atoms with Gasteiger partial charge in [0, 0.05) is 39.3 Å². The summed E-state index contributed by atoms with van der Waals surface area (Å²) < 4.78 is 28.0. The summed E-state index contributed by atoms with van der Waals surface area (Å²) in [4.78, 5) is 4.52. The molecule has 1 rings (SSSR count). The van der Waals surface area contributed by atoms with E-state index in [2.05, 4.69) is 16.8 Å². The van der Waals surface area contributed by atoms with Crippen molar-refractivity contribution in [3.8, 4) is 0 Å². The Morgan fingerprint density at radius 2 is 1.17 bits per heavy atom. The van der Waals surface area contributed by atoms with Crippen LogP contribution < -0.4 is 0 Å². The van der Waals surface area contributed by atoms with Crippen LogP contribution in [-0.4, -0.2) is 116 Å². The molecule has 144 valence electrons. The number of likely N-dealkylation sites (N-methyl/N-ethyl adjacent to an activating group) is 1. The van der Waals surface area contributed by atoms with E-state index in [1.807, 2.05) is 6.92 Å². The highest BCUT2D eigenvalue weighted by Gasteiger charge is 2.06. The second-order valence-electron chi connectivity index (χ2n) is 5.79. The molecule has 0 aromatic rings. The quantitative estimate of drug-likeness (QED) is 0.679. The molecular weight excluding hydrogens is 312 g/mol.